The van der Waals surface area contributed by atoms with Gasteiger partial charge in [-0.15, -0.1) is 0 Å². The van der Waals surface area contributed by atoms with E-state index in [4.69, 9.17) is 0 Å². The van der Waals surface area contributed by atoms with E-state index in [1.807, 2.05) is 0 Å². The molecular weight excluding hydrogens is 220 g/mol. The van der Waals surface area contributed by atoms with Crippen LogP contribution in [0, 0.1) is 23.7 Å². The van der Waals surface area contributed by atoms with Crippen molar-refractivity contribution in [2.24, 2.45) is 23.7 Å². The second-order valence-corrected chi connectivity index (χ2v) is 7.18. The molecule has 2 aliphatic carbocycles. The van der Waals surface area contributed by atoms with Crippen LogP contribution in [0.15, 0.2) is 0 Å². The lowest BCUT2D eigenvalue weighted by atomic mass is 9.72. The van der Waals surface area contributed by atoms with E-state index in [-0.39, 0.29) is 6.10 Å². The van der Waals surface area contributed by atoms with E-state index in [9.17, 15) is 5.11 Å². The summed E-state index contributed by atoms with van der Waals surface area (Å²) in [5, 5.41) is 10.4. The molecule has 106 valence electrons. The smallest absolute Gasteiger partial charge is 0.0568 e. The van der Waals surface area contributed by atoms with Crippen molar-refractivity contribution in [3.05, 3.63) is 0 Å². The van der Waals surface area contributed by atoms with Gasteiger partial charge in [0.2, 0.25) is 0 Å². The SMILES string of the molecule is CC1CCC(C(O)CCC2CCCCC2)CC1C. The monoisotopic (exact) mass is 252 g/mol. The fourth-order valence-electron chi connectivity index (χ4n) is 4.06. The fraction of sp³-hybridized carbons (Fsp3) is 1.00. The van der Waals surface area contributed by atoms with E-state index in [2.05, 4.69) is 13.8 Å². The number of aliphatic hydroxyl groups excluding tert-OH is 1. The lowest BCUT2D eigenvalue weighted by molar-refractivity contribution is 0.0448. The van der Waals surface area contributed by atoms with E-state index in [0.29, 0.717) is 5.92 Å². The average molecular weight is 252 g/mol. The van der Waals surface area contributed by atoms with Gasteiger partial charge in [0.1, 0.15) is 0 Å². The molecule has 0 aromatic carbocycles. The summed E-state index contributed by atoms with van der Waals surface area (Å²) in [7, 11) is 0. The molecule has 0 amide bonds. The molecule has 1 N–H and O–H groups in total. The molecule has 0 aromatic heterocycles. The molecule has 0 spiro atoms. The largest absolute Gasteiger partial charge is 0.393 e. The highest BCUT2D eigenvalue weighted by atomic mass is 16.3. The molecule has 0 radical (unpaired) electrons. The molecule has 2 fully saturated rings. The summed E-state index contributed by atoms with van der Waals surface area (Å²) in [5.74, 6) is 3.20. The van der Waals surface area contributed by atoms with Crippen LogP contribution in [-0.2, 0) is 0 Å². The van der Waals surface area contributed by atoms with Crippen LogP contribution < -0.4 is 0 Å². The molecule has 2 rings (SSSR count). The topological polar surface area (TPSA) is 20.2 Å². The predicted octanol–water partition coefficient (Wildman–Crippen LogP) is 4.78. The van der Waals surface area contributed by atoms with Gasteiger partial charge in [0.05, 0.1) is 6.10 Å². The van der Waals surface area contributed by atoms with Gasteiger partial charge in [-0.3, -0.25) is 0 Å². The lowest BCUT2D eigenvalue weighted by Gasteiger charge is -2.35. The Morgan fingerprint density at radius 3 is 2.33 bits per heavy atom. The van der Waals surface area contributed by atoms with Gasteiger partial charge in [-0.1, -0.05) is 52.4 Å². The molecule has 0 aromatic rings. The Hall–Kier alpha value is -0.0400. The van der Waals surface area contributed by atoms with Crippen LogP contribution in [0.5, 0.6) is 0 Å². The Morgan fingerprint density at radius 1 is 0.944 bits per heavy atom. The quantitative estimate of drug-likeness (QED) is 0.763. The van der Waals surface area contributed by atoms with Crippen LogP contribution in [0.25, 0.3) is 0 Å². The molecule has 1 nitrogen and oxygen atoms in total. The van der Waals surface area contributed by atoms with Crippen LogP contribution in [-0.4, -0.2) is 11.2 Å². The Bertz CT molecular complexity index is 232. The van der Waals surface area contributed by atoms with Crippen molar-refractivity contribution in [3.63, 3.8) is 0 Å². The van der Waals surface area contributed by atoms with Crippen LogP contribution in [0.3, 0.4) is 0 Å². The van der Waals surface area contributed by atoms with Gasteiger partial charge in [-0.2, -0.15) is 0 Å². The lowest BCUT2D eigenvalue weighted by Crippen LogP contribution is -2.29. The van der Waals surface area contributed by atoms with Crippen LogP contribution in [0.4, 0.5) is 0 Å². The summed E-state index contributed by atoms with van der Waals surface area (Å²) in [6.45, 7) is 4.74. The molecular formula is C17H32O. The molecule has 0 heterocycles. The van der Waals surface area contributed by atoms with Gasteiger partial charge in [0.15, 0.2) is 0 Å². The first kappa shape index (κ1) is 14.4. The minimum atomic E-state index is -0.0122. The zero-order valence-corrected chi connectivity index (χ0v) is 12.4. The normalized spacial score (nSPS) is 36.5. The molecule has 2 aliphatic rings. The van der Waals surface area contributed by atoms with E-state index >= 15 is 0 Å². The van der Waals surface area contributed by atoms with Gasteiger partial charge in [-0.05, 0) is 49.4 Å². The Morgan fingerprint density at radius 2 is 1.67 bits per heavy atom. The number of rotatable bonds is 4. The van der Waals surface area contributed by atoms with Gasteiger partial charge in [0, 0.05) is 0 Å². The molecule has 1 heteroatoms. The summed E-state index contributed by atoms with van der Waals surface area (Å²) in [6, 6.07) is 0. The second kappa shape index (κ2) is 6.93. The average Bonchev–Trinajstić information content (AvgIpc) is 2.40. The number of hydrogen-bond donors (Lipinski definition) is 1. The van der Waals surface area contributed by atoms with Crippen molar-refractivity contribution in [1.82, 2.24) is 0 Å². The highest BCUT2D eigenvalue weighted by molar-refractivity contribution is 4.80. The fourth-order valence-corrected chi connectivity index (χ4v) is 4.06. The second-order valence-electron chi connectivity index (χ2n) is 7.18. The molecule has 0 aliphatic heterocycles. The highest BCUT2D eigenvalue weighted by Gasteiger charge is 2.29. The van der Waals surface area contributed by atoms with Gasteiger partial charge < -0.3 is 5.11 Å². The standard InChI is InChI=1S/C17H32O/c1-13-8-10-16(12-14(13)2)17(18)11-9-15-6-4-3-5-7-15/h13-18H,3-12H2,1-2H3. The van der Waals surface area contributed by atoms with E-state index in [1.165, 1.54) is 57.8 Å². The summed E-state index contributed by atoms with van der Waals surface area (Å²) in [4.78, 5) is 0. The summed E-state index contributed by atoms with van der Waals surface area (Å²) >= 11 is 0. The summed E-state index contributed by atoms with van der Waals surface area (Å²) < 4.78 is 0. The number of aliphatic hydroxyl groups is 1. The predicted molar refractivity (Wildman–Crippen MR) is 77.5 cm³/mol. The van der Waals surface area contributed by atoms with Crippen molar-refractivity contribution in [3.8, 4) is 0 Å². The third-order valence-electron chi connectivity index (χ3n) is 5.78. The van der Waals surface area contributed by atoms with Crippen molar-refractivity contribution in [1.29, 1.82) is 0 Å². The maximum absolute atomic E-state index is 10.4. The zero-order chi connectivity index (χ0) is 13.0. The van der Waals surface area contributed by atoms with Gasteiger partial charge in [-0.25, -0.2) is 0 Å². The zero-order valence-electron chi connectivity index (χ0n) is 12.4. The number of hydrogen-bond acceptors (Lipinski definition) is 1. The Balaban J connectivity index is 1.69. The molecule has 0 saturated heterocycles. The van der Waals surface area contributed by atoms with Crippen LogP contribution >= 0.6 is 0 Å². The highest BCUT2D eigenvalue weighted by Crippen LogP contribution is 2.37. The van der Waals surface area contributed by atoms with E-state index < -0.39 is 0 Å². The minimum absolute atomic E-state index is 0.0122. The Kier molecular flexibility index (Phi) is 5.54. The minimum Gasteiger partial charge on any atom is -0.393 e. The first-order chi connectivity index (χ1) is 8.66. The van der Waals surface area contributed by atoms with Gasteiger partial charge >= 0.3 is 0 Å². The van der Waals surface area contributed by atoms with E-state index in [0.717, 1.165) is 24.2 Å². The maximum atomic E-state index is 10.4. The third-order valence-corrected chi connectivity index (χ3v) is 5.78. The summed E-state index contributed by atoms with van der Waals surface area (Å²) in [6.07, 6.45) is 13.3. The Labute approximate surface area is 113 Å². The van der Waals surface area contributed by atoms with Crippen LogP contribution in [0.1, 0.15) is 78.1 Å². The molecule has 2 saturated carbocycles. The maximum Gasteiger partial charge on any atom is 0.0568 e. The van der Waals surface area contributed by atoms with Crippen molar-refractivity contribution in [2.75, 3.05) is 0 Å². The molecule has 0 bridgehead atoms. The van der Waals surface area contributed by atoms with Crippen molar-refractivity contribution >= 4 is 0 Å². The summed E-state index contributed by atoms with van der Waals surface area (Å²) in [5.41, 5.74) is 0. The van der Waals surface area contributed by atoms with Crippen LogP contribution in [0.2, 0.25) is 0 Å². The van der Waals surface area contributed by atoms with E-state index in [1.54, 1.807) is 0 Å². The molecule has 4 atom stereocenters. The third kappa shape index (κ3) is 3.98. The van der Waals surface area contributed by atoms with Crippen molar-refractivity contribution < 1.29 is 5.11 Å². The first-order valence-electron chi connectivity index (χ1n) is 8.35. The molecule has 4 unspecified atom stereocenters. The first-order valence-corrected chi connectivity index (χ1v) is 8.35. The molecule has 18 heavy (non-hydrogen) atoms. The van der Waals surface area contributed by atoms with Gasteiger partial charge in [0.25, 0.3) is 0 Å². The van der Waals surface area contributed by atoms with Crippen molar-refractivity contribution in [2.45, 2.75) is 84.2 Å².